The number of carbonyl (C=O) groups excluding carboxylic acids is 1. The molecule has 0 bridgehead atoms. The van der Waals surface area contributed by atoms with E-state index in [4.69, 9.17) is 5.73 Å². The molecule has 84 valence electrons. The van der Waals surface area contributed by atoms with Crippen molar-refractivity contribution in [2.24, 2.45) is 10.7 Å². The maximum Gasteiger partial charge on any atom is 0.251 e. The van der Waals surface area contributed by atoms with Crippen molar-refractivity contribution in [3.63, 3.8) is 0 Å². The summed E-state index contributed by atoms with van der Waals surface area (Å²) in [6.45, 7) is 0.706. The highest BCUT2D eigenvalue weighted by molar-refractivity contribution is 5.99. The Morgan fingerprint density at radius 2 is 2.38 bits per heavy atom. The van der Waals surface area contributed by atoms with Crippen LogP contribution in [0.25, 0.3) is 0 Å². The number of carbonyl (C=O) groups is 1. The number of nitrogens with two attached hydrogens (primary N) is 1. The molecule has 0 spiro atoms. The van der Waals surface area contributed by atoms with Crippen LogP contribution < -0.4 is 16.4 Å². The fraction of sp³-hybridized carbons (Fsp3) is 0.273. The predicted molar refractivity (Wildman–Crippen MR) is 63.6 cm³/mol. The summed E-state index contributed by atoms with van der Waals surface area (Å²) in [6.07, 6.45) is 0.874. The van der Waals surface area contributed by atoms with E-state index < -0.39 is 0 Å². The van der Waals surface area contributed by atoms with Crippen LogP contribution in [0.5, 0.6) is 0 Å². The van der Waals surface area contributed by atoms with Gasteiger partial charge < -0.3 is 16.4 Å². The summed E-state index contributed by atoms with van der Waals surface area (Å²) < 4.78 is 0. The van der Waals surface area contributed by atoms with Gasteiger partial charge in [0.05, 0.1) is 0 Å². The second kappa shape index (κ2) is 4.22. The lowest BCUT2D eigenvalue weighted by Gasteiger charge is -2.17. The fourth-order valence-electron chi connectivity index (χ4n) is 1.69. The Bertz CT molecular complexity index is 453. The molecule has 1 heterocycles. The molecule has 0 fully saturated rings. The number of hydrogen-bond acceptors (Lipinski definition) is 2. The molecule has 0 radical (unpaired) electrons. The quantitative estimate of drug-likeness (QED) is 0.469. The van der Waals surface area contributed by atoms with Crippen molar-refractivity contribution in [3.05, 3.63) is 29.3 Å². The number of benzene rings is 1. The first-order valence-corrected chi connectivity index (χ1v) is 5.11. The third-order valence-electron chi connectivity index (χ3n) is 2.55. The number of nitrogens with zero attached hydrogens (tertiary/aromatic N) is 1. The Morgan fingerprint density at radius 3 is 3.12 bits per heavy atom. The molecule has 1 amide bonds. The van der Waals surface area contributed by atoms with Crippen molar-refractivity contribution in [1.82, 2.24) is 5.32 Å². The van der Waals surface area contributed by atoms with Gasteiger partial charge in [0, 0.05) is 24.8 Å². The number of aliphatic imine (C=N–C) groups is 1. The standard InChI is InChI=1S/C11H14N4O/c1-13-11(12)15-8-3-2-7-4-5-14-10(16)9(7)6-8/h2-3,6H,4-5H2,1H3,(H,14,16)(H3,12,13,15). The van der Waals surface area contributed by atoms with Crippen LogP contribution in [0.4, 0.5) is 5.69 Å². The van der Waals surface area contributed by atoms with Crippen molar-refractivity contribution in [1.29, 1.82) is 0 Å². The van der Waals surface area contributed by atoms with Crippen LogP contribution in [0.2, 0.25) is 0 Å². The summed E-state index contributed by atoms with van der Waals surface area (Å²) >= 11 is 0. The van der Waals surface area contributed by atoms with Gasteiger partial charge in [-0.25, -0.2) is 0 Å². The molecule has 1 aromatic rings. The number of anilines is 1. The average molecular weight is 218 g/mol. The molecule has 4 N–H and O–H groups in total. The summed E-state index contributed by atoms with van der Waals surface area (Å²) in [5, 5.41) is 5.71. The third kappa shape index (κ3) is 1.98. The van der Waals surface area contributed by atoms with E-state index in [1.54, 1.807) is 13.1 Å². The molecule has 0 saturated heterocycles. The molecule has 0 aromatic heterocycles. The predicted octanol–water partition coefficient (Wildman–Crippen LogP) is 0.329. The number of guanidine groups is 1. The van der Waals surface area contributed by atoms with Gasteiger partial charge in [-0.2, -0.15) is 0 Å². The first kappa shape index (κ1) is 10.5. The van der Waals surface area contributed by atoms with E-state index in [1.807, 2.05) is 12.1 Å². The molecule has 5 nitrogen and oxygen atoms in total. The van der Waals surface area contributed by atoms with Gasteiger partial charge in [0.25, 0.3) is 5.91 Å². The summed E-state index contributed by atoms with van der Waals surface area (Å²) in [4.78, 5) is 15.4. The average Bonchev–Trinajstić information content (AvgIpc) is 2.30. The monoisotopic (exact) mass is 218 g/mol. The zero-order valence-electron chi connectivity index (χ0n) is 9.08. The largest absolute Gasteiger partial charge is 0.370 e. The molecule has 1 aliphatic heterocycles. The minimum absolute atomic E-state index is 0.0306. The molecule has 16 heavy (non-hydrogen) atoms. The van der Waals surface area contributed by atoms with Crippen molar-refractivity contribution in [3.8, 4) is 0 Å². The van der Waals surface area contributed by atoms with E-state index in [0.717, 1.165) is 17.7 Å². The maximum absolute atomic E-state index is 11.6. The van der Waals surface area contributed by atoms with Crippen LogP contribution in [0.3, 0.4) is 0 Å². The molecule has 0 unspecified atom stereocenters. The van der Waals surface area contributed by atoms with Crippen LogP contribution in [-0.2, 0) is 6.42 Å². The van der Waals surface area contributed by atoms with E-state index in [-0.39, 0.29) is 5.91 Å². The van der Waals surface area contributed by atoms with Crippen molar-refractivity contribution >= 4 is 17.6 Å². The van der Waals surface area contributed by atoms with E-state index in [0.29, 0.717) is 18.1 Å². The minimum Gasteiger partial charge on any atom is -0.370 e. The van der Waals surface area contributed by atoms with Gasteiger partial charge >= 0.3 is 0 Å². The SMILES string of the molecule is CN=C(N)Nc1ccc2c(c1)C(=O)NCC2. The van der Waals surface area contributed by atoms with Crippen LogP contribution in [0.15, 0.2) is 23.2 Å². The number of fused-ring (bicyclic) bond motifs is 1. The molecule has 1 aromatic carbocycles. The van der Waals surface area contributed by atoms with Gasteiger partial charge in [0.2, 0.25) is 0 Å². The van der Waals surface area contributed by atoms with Crippen LogP contribution in [0, 0.1) is 0 Å². The van der Waals surface area contributed by atoms with Crippen molar-refractivity contribution in [2.45, 2.75) is 6.42 Å². The first-order chi connectivity index (χ1) is 7.70. The number of amides is 1. The van der Waals surface area contributed by atoms with Gasteiger partial charge in [0.1, 0.15) is 0 Å². The molecule has 0 saturated carbocycles. The summed E-state index contributed by atoms with van der Waals surface area (Å²) in [5.41, 5.74) is 8.11. The van der Waals surface area contributed by atoms with Crippen molar-refractivity contribution in [2.75, 3.05) is 18.9 Å². The second-order valence-electron chi connectivity index (χ2n) is 3.61. The molecular weight excluding hydrogens is 204 g/mol. The molecule has 0 atom stereocenters. The molecule has 0 aliphatic carbocycles. The Kier molecular flexibility index (Phi) is 2.76. The van der Waals surface area contributed by atoms with Crippen LogP contribution in [-0.4, -0.2) is 25.5 Å². The van der Waals surface area contributed by atoms with Gasteiger partial charge in [-0.1, -0.05) is 6.07 Å². The van der Waals surface area contributed by atoms with Crippen LogP contribution in [0.1, 0.15) is 15.9 Å². The van der Waals surface area contributed by atoms with E-state index in [9.17, 15) is 4.79 Å². The lowest BCUT2D eigenvalue weighted by atomic mass is 10.00. The maximum atomic E-state index is 11.6. The van der Waals surface area contributed by atoms with Gasteiger partial charge in [0.15, 0.2) is 5.96 Å². The summed E-state index contributed by atoms with van der Waals surface area (Å²) in [6, 6.07) is 5.64. The molecule has 5 heteroatoms. The Labute approximate surface area is 93.7 Å². The Morgan fingerprint density at radius 1 is 1.56 bits per heavy atom. The highest BCUT2D eigenvalue weighted by Gasteiger charge is 2.16. The summed E-state index contributed by atoms with van der Waals surface area (Å²) in [7, 11) is 1.60. The molecule has 1 aliphatic rings. The fourth-order valence-corrected chi connectivity index (χ4v) is 1.69. The van der Waals surface area contributed by atoms with E-state index in [1.165, 1.54) is 0 Å². The molecule has 2 rings (SSSR count). The highest BCUT2D eigenvalue weighted by Crippen LogP contribution is 2.18. The first-order valence-electron chi connectivity index (χ1n) is 5.11. The lowest BCUT2D eigenvalue weighted by molar-refractivity contribution is 0.0946. The Balaban J connectivity index is 2.30. The number of hydrogen-bond donors (Lipinski definition) is 3. The lowest BCUT2D eigenvalue weighted by Crippen LogP contribution is -2.32. The smallest absolute Gasteiger partial charge is 0.251 e. The zero-order valence-corrected chi connectivity index (χ0v) is 9.08. The zero-order chi connectivity index (χ0) is 11.5. The van der Waals surface area contributed by atoms with E-state index >= 15 is 0 Å². The second-order valence-corrected chi connectivity index (χ2v) is 3.61. The van der Waals surface area contributed by atoms with Gasteiger partial charge in [-0.15, -0.1) is 0 Å². The molecular formula is C11H14N4O. The third-order valence-corrected chi connectivity index (χ3v) is 2.55. The normalized spacial score (nSPS) is 15.3. The van der Waals surface area contributed by atoms with Gasteiger partial charge in [-0.05, 0) is 24.1 Å². The van der Waals surface area contributed by atoms with Crippen molar-refractivity contribution < 1.29 is 4.79 Å². The van der Waals surface area contributed by atoms with Crippen LogP contribution >= 0.6 is 0 Å². The summed E-state index contributed by atoms with van der Waals surface area (Å²) in [5.74, 6) is 0.299. The Hall–Kier alpha value is -2.04. The minimum atomic E-state index is -0.0306. The van der Waals surface area contributed by atoms with Gasteiger partial charge in [-0.3, -0.25) is 9.79 Å². The van der Waals surface area contributed by atoms with E-state index in [2.05, 4.69) is 15.6 Å². The number of rotatable bonds is 1. The highest BCUT2D eigenvalue weighted by atomic mass is 16.1. The number of nitrogens with one attached hydrogen (secondary N) is 2. The topological polar surface area (TPSA) is 79.5 Å².